The Hall–Kier alpha value is -2.38. The fourth-order valence-electron chi connectivity index (χ4n) is 2.06. The van der Waals surface area contributed by atoms with E-state index in [2.05, 4.69) is 10.3 Å². The summed E-state index contributed by atoms with van der Waals surface area (Å²) in [6, 6.07) is 5.62. The van der Waals surface area contributed by atoms with E-state index in [0.29, 0.717) is 10.2 Å². The molecular weight excluding hydrogens is 343 g/mol. The highest BCUT2D eigenvalue weighted by Gasteiger charge is 2.22. The molecule has 0 aliphatic heterocycles. The van der Waals surface area contributed by atoms with Crippen LogP contribution >= 0.6 is 22.9 Å². The number of benzene rings is 2. The van der Waals surface area contributed by atoms with Crippen molar-refractivity contribution in [3.05, 3.63) is 46.2 Å². The maximum absolute atomic E-state index is 14.0. The summed E-state index contributed by atoms with van der Waals surface area (Å²) in [5, 5.41) is 21.5. The lowest BCUT2D eigenvalue weighted by atomic mass is 10.1. The molecule has 0 saturated heterocycles. The first kappa shape index (κ1) is 15.5. The molecular formula is C15H10ClFN2O3S. The molecule has 23 heavy (non-hydrogen) atoms. The molecule has 8 heteroatoms. The molecule has 0 aliphatic rings. The monoisotopic (exact) mass is 352 g/mol. The maximum Gasteiger partial charge on any atom is 0.262 e. The molecule has 1 heterocycles. The fourth-order valence-corrected chi connectivity index (χ4v) is 3.28. The summed E-state index contributed by atoms with van der Waals surface area (Å²) in [4.78, 5) is 16.4. The Morgan fingerprint density at radius 1 is 1.35 bits per heavy atom. The van der Waals surface area contributed by atoms with Gasteiger partial charge in [0, 0.05) is 0 Å². The molecule has 0 saturated carbocycles. The van der Waals surface area contributed by atoms with Gasteiger partial charge in [-0.15, -0.1) is 0 Å². The van der Waals surface area contributed by atoms with Gasteiger partial charge in [-0.3, -0.25) is 10.1 Å². The number of halogens is 2. The van der Waals surface area contributed by atoms with Crippen LogP contribution in [0, 0.1) is 12.7 Å². The number of aromatic nitrogens is 1. The van der Waals surface area contributed by atoms with E-state index in [1.807, 2.05) is 0 Å². The number of nitrogens with one attached hydrogen (secondary N) is 1. The zero-order valence-electron chi connectivity index (χ0n) is 11.7. The largest absolute Gasteiger partial charge is 0.508 e. The van der Waals surface area contributed by atoms with Crippen molar-refractivity contribution >= 4 is 44.2 Å². The van der Waals surface area contributed by atoms with Crippen molar-refractivity contribution < 1.29 is 19.4 Å². The number of anilines is 1. The summed E-state index contributed by atoms with van der Waals surface area (Å²) in [6.07, 6.45) is 0. The topological polar surface area (TPSA) is 82.5 Å². The predicted octanol–water partition coefficient (Wildman–Crippen LogP) is 4.06. The van der Waals surface area contributed by atoms with Crippen LogP contribution in [0.15, 0.2) is 24.3 Å². The molecule has 5 nitrogen and oxygen atoms in total. The quantitative estimate of drug-likeness (QED) is 0.649. The van der Waals surface area contributed by atoms with Gasteiger partial charge in [0.15, 0.2) is 5.13 Å². The Balaban J connectivity index is 1.96. The number of rotatable bonds is 2. The Labute approximate surface area is 139 Å². The molecule has 0 unspecified atom stereocenters. The number of nitrogens with zero attached hydrogens (tertiary/aromatic N) is 1. The van der Waals surface area contributed by atoms with Crippen molar-refractivity contribution in [3.63, 3.8) is 0 Å². The van der Waals surface area contributed by atoms with Crippen LogP contribution in [0.3, 0.4) is 0 Å². The highest BCUT2D eigenvalue weighted by molar-refractivity contribution is 7.22. The molecule has 0 spiro atoms. The summed E-state index contributed by atoms with van der Waals surface area (Å²) in [5.41, 5.74) is 0.373. The van der Waals surface area contributed by atoms with Crippen molar-refractivity contribution in [1.29, 1.82) is 0 Å². The third-order valence-electron chi connectivity index (χ3n) is 3.20. The minimum absolute atomic E-state index is 0.0802. The van der Waals surface area contributed by atoms with Crippen molar-refractivity contribution in [1.82, 2.24) is 4.98 Å². The number of fused-ring (bicyclic) bond motifs is 1. The number of hydrogen-bond acceptors (Lipinski definition) is 5. The number of hydrogen-bond donors (Lipinski definition) is 3. The van der Waals surface area contributed by atoms with E-state index >= 15 is 0 Å². The standard InChI is InChI=1S/C15H10ClFN2O3S/c1-6-4-8(17)11(12(16)13(6)21)14(22)19-15-18-9-3-2-7(20)5-10(9)23-15/h2-5,20-21H,1H3,(H,18,19,22). The van der Waals surface area contributed by atoms with Gasteiger partial charge in [-0.25, -0.2) is 9.37 Å². The average molecular weight is 353 g/mol. The van der Waals surface area contributed by atoms with Crippen LogP contribution in [0.1, 0.15) is 15.9 Å². The van der Waals surface area contributed by atoms with E-state index < -0.39 is 17.3 Å². The molecule has 2 aromatic carbocycles. The minimum atomic E-state index is -0.832. The third kappa shape index (κ3) is 2.80. The SMILES string of the molecule is Cc1cc(F)c(C(=O)Nc2nc3ccc(O)cc3s2)c(Cl)c1O. The summed E-state index contributed by atoms with van der Waals surface area (Å²) in [6.45, 7) is 1.48. The molecule has 1 amide bonds. The van der Waals surface area contributed by atoms with E-state index in [-0.39, 0.29) is 27.2 Å². The first-order chi connectivity index (χ1) is 10.9. The van der Waals surface area contributed by atoms with Crippen molar-refractivity contribution in [2.75, 3.05) is 5.32 Å². The normalized spacial score (nSPS) is 10.9. The molecule has 0 aliphatic carbocycles. The number of aryl methyl sites for hydroxylation is 1. The minimum Gasteiger partial charge on any atom is -0.508 e. The van der Waals surface area contributed by atoms with Gasteiger partial charge in [-0.05, 0) is 36.8 Å². The maximum atomic E-state index is 14.0. The van der Waals surface area contributed by atoms with E-state index in [1.54, 1.807) is 6.07 Å². The van der Waals surface area contributed by atoms with Gasteiger partial charge in [-0.2, -0.15) is 0 Å². The molecule has 3 rings (SSSR count). The molecule has 0 atom stereocenters. The molecule has 0 bridgehead atoms. The summed E-state index contributed by atoms with van der Waals surface area (Å²) in [5.74, 6) is -1.91. The highest BCUT2D eigenvalue weighted by atomic mass is 35.5. The van der Waals surface area contributed by atoms with Gasteiger partial charge in [-0.1, -0.05) is 22.9 Å². The van der Waals surface area contributed by atoms with Gasteiger partial charge in [0.05, 0.1) is 20.8 Å². The van der Waals surface area contributed by atoms with Crippen LogP contribution in [-0.2, 0) is 0 Å². The second-order valence-corrected chi connectivity index (χ2v) is 6.25. The number of carbonyl (C=O) groups excluding carboxylic acids is 1. The van der Waals surface area contributed by atoms with Crippen LogP contribution < -0.4 is 5.32 Å². The molecule has 118 valence electrons. The molecule has 3 aromatic rings. The number of amides is 1. The van der Waals surface area contributed by atoms with E-state index in [9.17, 15) is 19.4 Å². The van der Waals surface area contributed by atoms with E-state index in [0.717, 1.165) is 17.4 Å². The van der Waals surface area contributed by atoms with Crippen molar-refractivity contribution in [2.45, 2.75) is 6.92 Å². The van der Waals surface area contributed by atoms with Crippen LogP contribution in [-0.4, -0.2) is 21.1 Å². The average Bonchev–Trinajstić information content (AvgIpc) is 2.86. The lowest BCUT2D eigenvalue weighted by Gasteiger charge is -2.09. The lowest BCUT2D eigenvalue weighted by Crippen LogP contribution is -2.14. The second-order valence-electron chi connectivity index (χ2n) is 4.84. The van der Waals surface area contributed by atoms with E-state index in [1.165, 1.54) is 19.1 Å². The second kappa shape index (κ2) is 5.68. The molecule has 1 aromatic heterocycles. The smallest absolute Gasteiger partial charge is 0.262 e. The third-order valence-corrected chi connectivity index (χ3v) is 4.50. The van der Waals surface area contributed by atoms with Gasteiger partial charge in [0.1, 0.15) is 17.3 Å². The number of thiazole rings is 1. The highest BCUT2D eigenvalue weighted by Crippen LogP contribution is 2.34. The summed E-state index contributed by atoms with van der Waals surface area (Å²) in [7, 11) is 0. The van der Waals surface area contributed by atoms with Crippen LogP contribution in [0.25, 0.3) is 10.2 Å². The molecule has 0 radical (unpaired) electrons. The Bertz CT molecular complexity index is 942. The van der Waals surface area contributed by atoms with E-state index in [4.69, 9.17) is 11.6 Å². The summed E-state index contributed by atoms with van der Waals surface area (Å²) < 4.78 is 14.7. The molecule has 3 N–H and O–H groups in total. The Morgan fingerprint density at radius 3 is 2.83 bits per heavy atom. The van der Waals surface area contributed by atoms with Gasteiger partial charge in [0.2, 0.25) is 0 Å². The molecule has 0 fully saturated rings. The van der Waals surface area contributed by atoms with Gasteiger partial charge in [0.25, 0.3) is 5.91 Å². The van der Waals surface area contributed by atoms with Crippen LogP contribution in [0.2, 0.25) is 5.02 Å². The zero-order valence-corrected chi connectivity index (χ0v) is 13.3. The number of phenolic OH excluding ortho intramolecular Hbond substituents is 2. The lowest BCUT2D eigenvalue weighted by molar-refractivity contribution is 0.102. The Kier molecular flexibility index (Phi) is 3.83. The zero-order chi connectivity index (χ0) is 16.7. The predicted molar refractivity (Wildman–Crippen MR) is 87.0 cm³/mol. The van der Waals surface area contributed by atoms with Crippen LogP contribution in [0.4, 0.5) is 9.52 Å². The number of carbonyl (C=O) groups is 1. The first-order valence-corrected chi connectivity index (χ1v) is 7.64. The van der Waals surface area contributed by atoms with Gasteiger partial charge < -0.3 is 10.2 Å². The summed E-state index contributed by atoms with van der Waals surface area (Å²) >= 11 is 6.99. The first-order valence-electron chi connectivity index (χ1n) is 6.45. The van der Waals surface area contributed by atoms with Crippen molar-refractivity contribution in [2.24, 2.45) is 0 Å². The number of aromatic hydroxyl groups is 2. The van der Waals surface area contributed by atoms with Gasteiger partial charge >= 0.3 is 0 Å². The number of phenols is 2. The fraction of sp³-hybridized carbons (Fsp3) is 0.0667. The van der Waals surface area contributed by atoms with Crippen molar-refractivity contribution in [3.8, 4) is 11.5 Å². The van der Waals surface area contributed by atoms with Crippen LogP contribution in [0.5, 0.6) is 11.5 Å². The Morgan fingerprint density at radius 2 is 2.09 bits per heavy atom.